The van der Waals surface area contributed by atoms with Gasteiger partial charge in [0.05, 0.1) is 0 Å². The zero-order valence-electron chi connectivity index (χ0n) is 10.2. The molecule has 0 spiro atoms. The van der Waals surface area contributed by atoms with E-state index < -0.39 is 0 Å². The van der Waals surface area contributed by atoms with Gasteiger partial charge >= 0.3 is 0 Å². The van der Waals surface area contributed by atoms with Crippen molar-refractivity contribution in [2.45, 2.75) is 37.4 Å². The lowest BCUT2D eigenvalue weighted by molar-refractivity contribution is -0.118. The summed E-state index contributed by atoms with van der Waals surface area (Å²) in [6.07, 6.45) is 3.69. The number of rotatable bonds is 4. The lowest BCUT2D eigenvalue weighted by Gasteiger charge is -2.29. The quantitative estimate of drug-likeness (QED) is 0.778. The minimum absolute atomic E-state index is 0.269. The topological polar surface area (TPSA) is 20.3 Å². The van der Waals surface area contributed by atoms with Crippen LogP contribution in [0, 0.1) is 0 Å². The molecule has 1 aliphatic rings. The number of aryl methyl sites for hydroxylation is 1. The maximum Gasteiger partial charge on any atom is 0.227 e. The normalized spacial score (nSPS) is 16.8. The van der Waals surface area contributed by atoms with Crippen LogP contribution < -0.4 is 4.90 Å². The molecule has 1 aromatic rings. The SMILES string of the molecule is CC(Br)CCCN1C(=O)CCc2ccccc21. The highest BCUT2D eigenvalue weighted by Crippen LogP contribution is 2.27. The van der Waals surface area contributed by atoms with E-state index in [-0.39, 0.29) is 5.91 Å². The molecule has 1 amide bonds. The van der Waals surface area contributed by atoms with E-state index in [2.05, 4.69) is 35.0 Å². The van der Waals surface area contributed by atoms with Crippen LogP contribution in [-0.4, -0.2) is 17.3 Å². The second-order valence-corrected chi connectivity index (χ2v) is 6.16. The summed E-state index contributed by atoms with van der Waals surface area (Å²) in [6, 6.07) is 8.25. The number of fused-ring (bicyclic) bond motifs is 1. The molecule has 1 heterocycles. The third kappa shape index (κ3) is 3.09. The summed E-state index contributed by atoms with van der Waals surface area (Å²) in [4.78, 5) is 14.4. The van der Waals surface area contributed by atoms with Crippen LogP contribution in [-0.2, 0) is 11.2 Å². The Labute approximate surface area is 111 Å². The van der Waals surface area contributed by atoms with Crippen LogP contribution >= 0.6 is 15.9 Å². The first-order chi connectivity index (χ1) is 8.18. The Hall–Kier alpha value is -0.830. The van der Waals surface area contributed by atoms with Crippen LogP contribution in [0.25, 0.3) is 0 Å². The molecule has 0 saturated carbocycles. The van der Waals surface area contributed by atoms with E-state index in [1.165, 1.54) is 5.56 Å². The molecule has 0 fully saturated rings. The maximum absolute atomic E-state index is 11.9. The van der Waals surface area contributed by atoms with Gasteiger partial charge in [-0.3, -0.25) is 4.79 Å². The number of amides is 1. The van der Waals surface area contributed by atoms with Crippen molar-refractivity contribution in [3.8, 4) is 0 Å². The lowest BCUT2D eigenvalue weighted by Crippen LogP contribution is -2.35. The van der Waals surface area contributed by atoms with Gasteiger partial charge in [0.2, 0.25) is 5.91 Å². The fourth-order valence-corrected chi connectivity index (χ4v) is 2.60. The van der Waals surface area contributed by atoms with Gasteiger partial charge in [0.25, 0.3) is 0 Å². The highest BCUT2D eigenvalue weighted by atomic mass is 79.9. The smallest absolute Gasteiger partial charge is 0.227 e. The molecule has 2 rings (SSSR count). The van der Waals surface area contributed by atoms with E-state index in [1.54, 1.807) is 0 Å². The first-order valence-electron chi connectivity index (χ1n) is 6.21. The zero-order valence-corrected chi connectivity index (χ0v) is 11.7. The predicted octanol–water partition coefficient (Wildman–Crippen LogP) is 3.53. The number of anilines is 1. The second-order valence-electron chi connectivity index (χ2n) is 4.60. The third-order valence-corrected chi connectivity index (χ3v) is 3.63. The molecule has 3 heteroatoms. The van der Waals surface area contributed by atoms with E-state index in [0.717, 1.165) is 31.5 Å². The molecule has 1 aromatic carbocycles. The minimum atomic E-state index is 0.269. The largest absolute Gasteiger partial charge is 0.312 e. The van der Waals surface area contributed by atoms with Crippen molar-refractivity contribution in [2.24, 2.45) is 0 Å². The van der Waals surface area contributed by atoms with Gasteiger partial charge in [-0.25, -0.2) is 0 Å². The highest BCUT2D eigenvalue weighted by molar-refractivity contribution is 9.09. The first kappa shape index (κ1) is 12.6. The Bertz CT molecular complexity index is 403. The number of carbonyl (C=O) groups excluding carboxylic acids is 1. The van der Waals surface area contributed by atoms with E-state index >= 15 is 0 Å². The van der Waals surface area contributed by atoms with Crippen LogP contribution in [0.3, 0.4) is 0 Å². The van der Waals surface area contributed by atoms with Crippen molar-refractivity contribution in [3.05, 3.63) is 29.8 Å². The Balaban J connectivity index is 2.07. The highest BCUT2D eigenvalue weighted by Gasteiger charge is 2.22. The average molecular weight is 296 g/mol. The minimum Gasteiger partial charge on any atom is -0.312 e. The van der Waals surface area contributed by atoms with Crippen LogP contribution in [0.2, 0.25) is 0 Å². The Morgan fingerprint density at radius 2 is 2.12 bits per heavy atom. The number of hydrogen-bond donors (Lipinski definition) is 0. The maximum atomic E-state index is 11.9. The Morgan fingerprint density at radius 3 is 2.88 bits per heavy atom. The molecule has 17 heavy (non-hydrogen) atoms. The number of nitrogens with zero attached hydrogens (tertiary/aromatic N) is 1. The van der Waals surface area contributed by atoms with Crippen molar-refractivity contribution in [3.63, 3.8) is 0 Å². The van der Waals surface area contributed by atoms with Crippen LogP contribution in [0.1, 0.15) is 31.7 Å². The van der Waals surface area contributed by atoms with E-state index in [9.17, 15) is 4.79 Å². The molecule has 0 bridgehead atoms. The molecule has 0 aromatic heterocycles. The summed E-state index contributed by atoms with van der Waals surface area (Å²) < 4.78 is 0. The van der Waals surface area contributed by atoms with Crippen molar-refractivity contribution in [2.75, 3.05) is 11.4 Å². The molecule has 0 aliphatic carbocycles. The lowest BCUT2D eigenvalue weighted by atomic mass is 10.0. The second kappa shape index (κ2) is 5.67. The first-order valence-corrected chi connectivity index (χ1v) is 7.12. The van der Waals surface area contributed by atoms with Crippen LogP contribution in [0.4, 0.5) is 5.69 Å². The summed E-state index contributed by atoms with van der Waals surface area (Å²) in [7, 11) is 0. The summed E-state index contributed by atoms with van der Waals surface area (Å²) >= 11 is 3.54. The van der Waals surface area contributed by atoms with Crippen molar-refractivity contribution < 1.29 is 4.79 Å². The van der Waals surface area contributed by atoms with Crippen molar-refractivity contribution in [1.29, 1.82) is 0 Å². The number of alkyl halides is 1. The number of halogens is 1. The molecular formula is C14H18BrNO. The van der Waals surface area contributed by atoms with Gasteiger partial charge in [-0.05, 0) is 30.9 Å². The molecule has 1 aliphatic heterocycles. The number of para-hydroxylation sites is 1. The summed E-state index contributed by atoms with van der Waals surface area (Å²) in [5, 5.41) is 0. The number of carbonyl (C=O) groups is 1. The fraction of sp³-hybridized carbons (Fsp3) is 0.500. The number of hydrogen-bond acceptors (Lipinski definition) is 1. The molecule has 0 radical (unpaired) electrons. The molecule has 1 unspecified atom stereocenters. The van der Waals surface area contributed by atoms with Crippen LogP contribution in [0.5, 0.6) is 0 Å². The van der Waals surface area contributed by atoms with Gasteiger partial charge in [0, 0.05) is 23.5 Å². The van der Waals surface area contributed by atoms with Crippen molar-refractivity contribution >= 4 is 27.5 Å². The van der Waals surface area contributed by atoms with Gasteiger partial charge in [-0.2, -0.15) is 0 Å². The van der Waals surface area contributed by atoms with Crippen LogP contribution in [0.15, 0.2) is 24.3 Å². The van der Waals surface area contributed by atoms with E-state index in [1.807, 2.05) is 17.0 Å². The van der Waals surface area contributed by atoms with Gasteiger partial charge in [0.15, 0.2) is 0 Å². The third-order valence-electron chi connectivity index (χ3n) is 3.18. The number of benzene rings is 1. The van der Waals surface area contributed by atoms with E-state index in [0.29, 0.717) is 11.2 Å². The summed E-state index contributed by atoms with van der Waals surface area (Å²) in [6.45, 7) is 2.98. The molecular weight excluding hydrogens is 278 g/mol. The Morgan fingerprint density at radius 1 is 1.35 bits per heavy atom. The van der Waals surface area contributed by atoms with E-state index in [4.69, 9.17) is 0 Å². The molecule has 0 N–H and O–H groups in total. The molecule has 2 nitrogen and oxygen atoms in total. The van der Waals surface area contributed by atoms with Crippen molar-refractivity contribution in [1.82, 2.24) is 0 Å². The van der Waals surface area contributed by atoms with Gasteiger partial charge in [0.1, 0.15) is 0 Å². The fourth-order valence-electron chi connectivity index (χ4n) is 2.27. The van der Waals surface area contributed by atoms with Gasteiger partial charge in [-0.15, -0.1) is 0 Å². The summed E-state index contributed by atoms with van der Waals surface area (Å²) in [5.41, 5.74) is 2.42. The predicted molar refractivity (Wildman–Crippen MR) is 74.7 cm³/mol. The molecule has 92 valence electrons. The monoisotopic (exact) mass is 295 g/mol. The standard InChI is InChI=1S/C14H18BrNO/c1-11(15)5-4-10-16-13-7-3-2-6-12(13)8-9-14(16)17/h2-3,6-7,11H,4-5,8-10H2,1H3. The van der Waals surface area contributed by atoms with Gasteiger partial charge < -0.3 is 4.90 Å². The average Bonchev–Trinajstić information content (AvgIpc) is 2.32. The Kier molecular flexibility index (Phi) is 4.21. The molecule has 0 saturated heterocycles. The molecule has 1 atom stereocenters. The summed E-state index contributed by atoms with van der Waals surface area (Å²) in [5.74, 6) is 0.269. The zero-order chi connectivity index (χ0) is 12.3. The van der Waals surface area contributed by atoms with Gasteiger partial charge in [-0.1, -0.05) is 41.1 Å².